The molecule has 158 valence electrons. The van der Waals surface area contributed by atoms with E-state index in [0.717, 1.165) is 0 Å². The van der Waals surface area contributed by atoms with Gasteiger partial charge in [-0.05, 0) is 49.7 Å². The van der Waals surface area contributed by atoms with Crippen LogP contribution in [0.25, 0.3) is 16.6 Å². The van der Waals surface area contributed by atoms with Gasteiger partial charge in [0.15, 0.2) is 5.16 Å². The van der Waals surface area contributed by atoms with Crippen molar-refractivity contribution in [1.29, 1.82) is 0 Å². The number of para-hydroxylation sites is 1. The van der Waals surface area contributed by atoms with Crippen molar-refractivity contribution >= 4 is 28.6 Å². The van der Waals surface area contributed by atoms with Gasteiger partial charge in [-0.1, -0.05) is 30.0 Å². The first-order valence-corrected chi connectivity index (χ1v) is 10.5. The molecule has 0 fully saturated rings. The number of aryl methyl sites for hydroxylation is 2. The molecule has 31 heavy (non-hydrogen) atoms. The lowest BCUT2D eigenvalue weighted by molar-refractivity contribution is 0.0562. The molecule has 2 aromatic heterocycles. The molecule has 4 rings (SSSR count). The summed E-state index contributed by atoms with van der Waals surface area (Å²) < 4.78 is 26.0. The largest absolute Gasteiger partial charge is 0.463 e. The second-order valence-electron chi connectivity index (χ2n) is 6.99. The Balaban J connectivity index is 1.78. The predicted octanol–water partition coefficient (Wildman–Crippen LogP) is 4.81. The summed E-state index contributed by atoms with van der Waals surface area (Å²) in [6, 6.07) is 13.4. The highest BCUT2D eigenvalue weighted by Crippen LogP contribution is 2.27. The number of carbonyl (C=O) groups is 1. The maximum atomic E-state index is 14.2. The van der Waals surface area contributed by atoms with Crippen LogP contribution in [-0.4, -0.2) is 22.6 Å². The highest BCUT2D eigenvalue weighted by Gasteiger charge is 2.18. The number of methoxy groups -OCH3 is 1. The number of halogens is 1. The number of aromatic nitrogens is 2. The van der Waals surface area contributed by atoms with Crippen LogP contribution in [0.5, 0.6) is 0 Å². The van der Waals surface area contributed by atoms with Gasteiger partial charge in [-0.3, -0.25) is 9.36 Å². The molecule has 2 aromatic carbocycles. The van der Waals surface area contributed by atoms with Gasteiger partial charge in [-0.2, -0.15) is 0 Å². The smallest absolute Gasteiger partial charge is 0.374 e. The van der Waals surface area contributed by atoms with E-state index >= 15 is 0 Å². The Morgan fingerprint density at radius 2 is 1.94 bits per heavy atom. The van der Waals surface area contributed by atoms with E-state index in [1.807, 2.05) is 0 Å². The standard InChI is InChI=1S/C23H19FN2O4S/c1-13-8-9-15(11-18(13)24)26-21(27)17-6-4-5-7-19(17)25-23(26)31-12-16-10-14(2)20(30-16)22(28)29-3/h4-11H,12H2,1-3H3. The maximum absolute atomic E-state index is 14.2. The highest BCUT2D eigenvalue weighted by atomic mass is 32.2. The van der Waals surface area contributed by atoms with Crippen molar-refractivity contribution in [2.45, 2.75) is 24.8 Å². The zero-order valence-corrected chi connectivity index (χ0v) is 18.0. The molecule has 0 spiro atoms. The minimum absolute atomic E-state index is 0.141. The van der Waals surface area contributed by atoms with Crippen LogP contribution < -0.4 is 5.56 Å². The Morgan fingerprint density at radius 3 is 2.68 bits per heavy atom. The van der Waals surface area contributed by atoms with Crippen molar-refractivity contribution in [3.05, 3.63) is 87.3 Å². The lowest BCUT2D eigenvalue weighted by Gasteiger charge is -2.13. The van der Waals surface area contributed by atoms with Crippen LogP contribution in [0.4, 0.5) is 4.39 Å². The summed E-state index contributed by atoms with van der Waals surface area (Å²) in [7, 11) is 1.29. The molecular formula is C23H19FN2O4S. The van der Waals surface area contributed by atoms with Crippen LogP contribution in [0.15, 0.2) is 62.9 Å². The van der Waals surface area contributed by atoms with Gasteiger partial charge in [0.05, 0.1) is 29.5 Å². The molecule has 0 N–H and O–H groups in total. The normalized spacial score (nSPS) is 11.1. The van der Waals surface area contributed by atoms with Gasteiger partial charge in [-0.25, -0.2) is 14.2 Å². The minimum atomic E-state index is -0.551. The van der Waals surface area contributed by atoms with E-state index in [1.165, 1.54) is 29.5 Å². The number of thioether (sulfide) groups is 1. The van der Waals surface area contributed by atoms with E-state index in [9.17, 15) is 14.0 Å². The van der Waals surface area contributed by atoms with Crippen LogP contribution >= 0.6 is 11.8 Å². The Labute approximate surface area is 181 Å². The Bertz CT molecular complexity index is 1360. The van der Waals surface area contributed by atoms with Gasteiger partial charge in [0.1, 0.15) is 11.6 Å². The Morgan fingerprint density at radius 1 is 1.16 bits per heavy atom. The number of carbonyl (C=O) groups excluding carboxylic acids is 1. The molecule has 0 saturated heterocycles. The minimum Gasteiger partial charge on any atom is -0.463 e. The second kappa shape index (κ2) is 8.39. The molecule has 0 aliphatic heterocycles. The summed E-state index contributed by atoms with van der Waals surface area (Å²) in [6.07, 6.45) is 0. The fourth-order valence-corrected chi connectivity index (χ4v) is 4.10. The van der Waals surface area contributed by atoms with Crippen molar-refractivity contribution in [2.24, 2.45) is 0 Å². The van der Waals surface area contributed by atoms with Crippen LogP contribution in [-0.2, 0) is 10.5 Å². The molecule has 0 unspecified atom stereocenters. The number of hydrogen-bond donors (Lipinski definition) is 0. The van der Waals surface area contributed by atoms with Crippen molar-refractivity contribution in [2.75, 3.05) is 7.11 Å². The molecule has 0 radical (unpaired) electrons. The third-order valence-electron chi connectivity index (χ3n) is 4.84. The van der Waals surface area contributed by atoms with Gasteiger partial charge in [0.25, 0.3) is 5.56 Å². The third-order valence-corrected chi connectivity index (χ3v) is 5.80. The molecule has 0 saturated carbocycles. The summed E-state index contributed by atoms with van der Waals surface area (Å²) in [5, 5.41) is 0.829. The van der Waals surface area contributed by atoms with Gasteiger partial charge >= 0.3 is 5.97 Å². The summed E-state index contributed by atoms with van der Waals surface area (Å²) >= 11 is 1.26. The first-order chi connectivity index (χ1) is 14.9. The average molecular weight is 438 g/mol. The van der Waals surface area contributed by atoms with Gasteiger partial charge in [0.2, 0.25) is 5.76 Å². The number of esters is 1. The number of benzene rings is 2. The molecule has 0 aliphatic carbocycles. The zero-order valence-electron chi connectivity index (χ0n) is 17.1. The highest BCUT2D eigenvalue weighted by molar-refractivity contribution is 7.98. The molecule has 4 aromatic rings. The van der Waals surface area contributed by atoms with Crippen LogP contribution in [0.2, 0.25) is 0 Å². The topological polar surface area (TPSA) is 74.3 Å². The number of fused-ring (bicyclic) bond motifs is 1. The summed E-state index contributed by atoms with van der Waals surface area (Å²) in [5.74, 6) is 0.0359. The summed E-state index contributed by atoms with van der Waals surface area (Å²) in [6.45, 7) is 3.41. The molecule has 0 aliphatic rings. The van der Waals surface area contributed by atoms with Gasteiger partial charge in [0, 0.05) is 5.56 Å². The average Bonchev–Trinajstić information content (AvgIpc) is 3.14. The van der Waals surface area contributed by atoms with E-state index in [0.29, 0.717) is 44.4 Å². The molecular weight excluding hydrogens is 419 g/mol. The molecule has 8 heteroatoms. The van der Waals surface area contributed by atoms with E-state index in [4.69, 9.17) is 9.15 Å². The first kappa shape index (κ1) is 20.9. The van der Waals surface area contributed by atoms with Crippen LogP contribution in [0.3, 0.4) is 0 Å². The Kier molecular flexibility index (Phi) is 5.65. The van der Waals surface area contributed by atoms with Gasteiger partial charge in [-0.15, -0.1) is 0 Å². The molecule has 6 nitrogen and oxygen atoms in total. The second-order valence-corrected chi connectivity index (χ2v) is 7.93. The third kappa shape index (κ3) is 3.98. The monoisotopic (exact) mass is 438 g/mol. The number of nitrogens with zero attached hydrogens (tertiary/aromatic N) is 2. The van der Waals surface area contributed by atoms with E-state index in [1.54, 1.807) is 56.3 Å². The first-order valence-electron chi connectivity index (χ1n) is 9.47. The zero-order chi connectivity index (χ0) is 22.1. The number of furan rings is 1. The van der Waals surface area contributed by atoms with Crippen molar-refractivity contribution < 1.29 is 18.3 Å². The summed E-state index contributed by atoms with van der Waals surface area (Å²) in [4.78, 5) is 29.7. The summed E-state index contributed by atoms with van der Waals surface area (Å²) in [5.41, 5.74) is 1.79. The molecule has 0 amide bonds. The maximum Gasteiger partial charge on any atom is 0.374 e. The fourth-order valence-electron chi connectivity index (χ4n) is 3.21. The number of ether oxygens (including phenoxy) is 1. The number of hydrogen-bond acceptors (Lipinski definition) is 6. The van der Waals surface area contributed by atoms with E-state index in [2.05, 4.69) is 4.98 Å². The lowest BCUT2D eigenvalue weighted by Crippen LogP contribution is -2.22. The fraction of sp³-hybridized carbons (Fsp3) is 0.174. The molecule has 0 atom stereocenters. The molecule has 2 heterocycles. The number of rotatable bonds is 5. The van der Waals surface area contributed by atoms with Crippen LogP contribution in [0.1, 0.15) is 27.4 Å². The predicted molar refractivity (Wildman–Crippen MR) is 116 cm³/mol. The lowest BCUT2D eigenvalue weighted by atomic mass is 10.2. The van der Waals surface area contributed by atoms with Crippen molar-refractivity contribution in [3.8, 4) is 5.69 Å². The van der Waals surface area contributed by atoms with Crippen molar-refractivity contribution in [1.82, 2.24) is 9.55 Å². The van der Waals surface area contributed by atoms with Crippen molar-refractivity contribution in [3.63, 3.8) is 0 Å². The van der Waals surface area contributed by atoms with E-state index in [-0.39, 0.29) is 11.3 Å². The Hall–Kier alpha value is -3.39. The van der Waals surface area contributed by atoms with Gasteiger partial charge < -0.3 is 9.15 Å². The van der Waals surface area contributed by atoms with E-state index < -0.39 is 11.8 Å². The SMILES string of the molecule is COC(=O)c1oc(CSc2nc3ccccc3c(=O)n2-c2ccc(C)c(F)c2)cc1C. The quantitative estimate of drug-likeness (QED) is 0.253. The molecule has 0 bridgehead atoms. The van der Waals surface area contributed by atoms with Crippen LogP contribution in [0, 0.1) is 19.7 Å².